The van der Waals surface area contributed by atoms with Gasteiger partial charge < -0.3 is 15.8 Å². The molecular formula is C13H30N2O. The molecule has 16 heavy (non-hydrogen) atoms. The van der Waals surface area contributed by atoms with Gasteiger partial charge in [-0.2, -0.15) is 0 Å². The first kappa shape index (κ1) is 15.9. The van der Waals surface area contributed by atoms with Crippen molar-refractivity contribution in [2.75, 3.05) is 20.3 Å². The minimum atomic E-state index is 0.451. The molecule has 0 aromatic rings. The van der Waals surface area contributed by atoms with E-state index in [1.165, 1.54) is 12.8 Å². The second kappa shape index (κ2) is 10.1. The molecule has 0 spiro atoms. The number of ether oxygens (including phenoxy) is 1. The van der Waals surface area contributed by atoms with E-state index in [4.69, 9.17) is 10.5 Å². The van der Waals surface area contributed by atoms with Crippen LogP contribution in [0.2, 0.25) is 0 Å². The molecule has 0 bridgehead atoms. The molecule has 0 heterocycles. The van der Waals surface area contributed by atoms with Crippen LogP contribution in [0.25, 0.3) is 0 Å². The maximum Gasteiger partial charge on any atom is 0.0615 e. The third-order valence-corrected chi connectivity index (χ3v) is 3.10. The van der Waals surface area contributed by atoms with Crippen molar-refractivity contribution in [2.24, 2.45) is 11.7 Å². The molecule has 3 nitrogen and oxygen atoms in total. The van der Waals surface area contributed by atoms with E-state index in [0.717, 1.165) is 31.9 Å². The van der Waals surface area contributed by atoms with Crippen LogP contribution < -0.4 is 11.1 Å². The lowest BCUT2D eigenvalue weighted by molar-refractivity contribution is 0.154. The summed E-state index contributed by atoms with van der Waals surface area (Å²) in [6, 6.07) is 1.01. The van der Waals surface area contributed by atoms with Crippen LogP contribution in [0.4, 0.5) is 0 Å². The minimum absolute atomic E-state index is 0.451. The number of hydrogen-bond donors (Lipinski definition) is 2. The zero-order chi connectivity index (χ0) is 12.4. The molecule has 0 aromatic heterocycles. The Morgan fingerprint density at radius 3 is 2.50 bits per heavy atom. The third kappa shape index (κ3) is 8.08. The van der Waals surface area contributed by atoms with Crippen molar-refractivity contribution >= 4 is 0 Å². The Morgan fingerprint density at radius 1 is 1.31 bits per heavy atom. The summed E-state index contributed by atoms with van der Waals surface area (Å²) in [6.07, 6.45) is 4.66. The summed E-state index contributed by atoms with van der Waals surface area (Å²) in [5.41, 5.74) is 5.54. The Bertz CT molecular complexity index is 153. The highest BCUT2D eigenvalue weighted by atomic mass is 16.5. The Labute approximate surface area is 101 Å². The van der Waals surface area contributed by atoms with Gasteiger partial charge in [0.15, 0.2) is 0 Å². The van der Waals surface area contributed by atoms with Gasteiger partial charge in [0.25, 0.3) is 0 Å². The van der Waals surface area contributed by atoms with E-state index >= 15 is 0 Å². The van der Waals surface area contributed by atoms with E-state index in [9.17, 15) is 0 Å². The summed E-state index contributed by atoms with van der Waals surface area (Å²) in [5, 5.41) is 3.64. The van der Waals surface area contributed by atoms with Crippen LogP contribution in [0.3, 0.4) is 0 Å². The first-order valence-corrected chi connectivity index (χ1v) is 6.59. The van der Waals surface area contributed by atoms with Crippen molar-refractivity contribution in [1.29, 1.82) is 0 Å². The predicted molar refractivity (Wildman–Crippen MR) is 70.6 cm³/mol. The highest BCUT2D eigenvalue weighted by Crippen LogP contribution is 2.10. The highest BCUT2D eigenvalue weighted by Gasteiger charge is 2.13. The molecule has 0 aliphatic carbocycles. The molecule has 3 N–H and O–H groups in total. The number of hydrogen-bond acceptors (Lipinski definition) is 3. The van der Waals surface area contributed by atoms with E-state index in [1.54, 1.807) is 7.11 Å². The minimum Gasteiger partial charge on any atom is -0.383 e. The molecule has 0 aliphatic heterocycles. The first-order valence-electron chi connectivity index (χ1n) is 6.59. The lowest BCUT2D eigenvalue weighted by atomic mass is 9.99. The van der Waals surface area contributed by atoms with Gasteiger partial charge in [-0.1, -0.05) is 20.3 Å². The van der Waals surface area contributed by atoms with Gasteiger partial charge in [0.1, 0.15) is 0 Å². The quantitative estimate of drug-likeness (QED) is 0.604. The van der Waals surface area contributed by atoms with Crippen molar-refractivity contribution < 1.29 is 4.74 Å². The van der Waals surface area contributed by atoms with Crippen LogP contribution in [-0.2, 0) is 4.74 Å². The van der Waals surface area contributed by atoms with E-state index < -0.39 is 0 Å². The van der Waals surface area contributed by atoms with Crippen LogP contribution in [0.15, 0.2) is 0 Å². The normalized spacial score (nSPS) is 17.1. The van der Waals surface area contributed by atoms with Gasteiger partial charge in [-0.15, -0.1) is 0 Å². The molecule has 0 amide bonds. The van der Waals surface area contributed by atoms with Gasteiger partial charge in [-0.05, 0) is 38.6 Å². The summed E-state index contributed by atoms with van der Waals surface area (Å²) in [4.78, 5) is 0. The molecule has 3 unspecified atom stereocenters. The van der Waals surface area contributed by atoms with Crippen LogP contribution in [-0.4, -0.2) is 32.3 Å². The smallest absolute Gasteiger partial charge is 0.0615 e. The summed E-state index contributed by atoms with van der Waals surface area (Å²) in [5.74, 6) is 0.792. The molecule has 0 aliphatic rings. The second-order valence-corrected chi connectivity index (χ2v) is 4.90. The maximum atomic E-state index is 5.54. The summed E-state index contributed by atoms with van der Waals surface area (Å²) >= 11 is 0. The zero-order valence-corrected chi connectivity index (χ0v) is 11.5. The van der Waals surface area contributed by atoms with Crippen LogP contribution in [0.5, 0.6) is 0 Å². The SMILES string of the molecule is CCC(C)CC(C)NC(CCCN)COC. The molecule has 0 fully saturated rings. The summed E-state index contributed by atoms with van der Waals surface area (Å²) < 4.78 is 5.23. The van der Waals surface area contributed by atoms with Gasteiger partial charge in [-0.3, -0.25) is 0 Å². The van der Waals surface area contributed by atoms with Crippen molar-refractivity contribution in [2.45, 2.75) is 58.5 Å². The van der Waals surface area contributed by atoms with Crippen molar-refractivity contribution in [3.05, 3.63) is 0 Å². The van der Waals surface area contributed by atoms with Crippen LogP contribution in [0.1, 0.15) is 46.5 Å². The van der Waals surface area contributed by atoms with E-state index in [-0.39, 0.29) is 0 Å². The average molecular weight is 230 g/mol. The van der Waals surface area contributed by atoms with Crippen molar-refractivity contribution in [3.8, 4) is 0 Å². The number of methoxy groups -OCH3 is 1. The Balaban J connectivity index is 3.86. The van der Waals surface area contributed by atoms with Gasteiger partial charge in [0, 0.05) is 19.2 Å². The molecule has 0 rings (SSSR count). The maximum absolute atomic E-state index is 5.54. The number of nitrogens with one attached hydrogen (secondary N) is 1. The average Bonchev–Trinajstić information content (AvgIpc) is 2.25. The van der Waals surface area contributed by atoms with E-state index in [1.807, 2.05) is 0 Å². The van der Waals surface area contributed by atoms with Crippen molar-refractivity contribution in [1.82, 2.24) is 5.32 Å². The third-order valence-electron chi connectivity index (χ3n) is 3.10. The molecule has 98 valence electrons. The van der Waals surface area contributed by atoms with Gasteiger partial charge in [0.05, 0.1) is 6.61 Å². The fraction of sp³-hybridized carbons (Fsp3) is 1.00. The molecule has 0 saturated heterocycles. The topological polar surface area (TPSA) is 47.3 Å². The molecule has 3 heteroatoms. The van der Waals surface area contributed by atoms with Gasteiger partial charge >= 0.3 is 0 Å². The van der Waals surface area contributed by atoms with E-state index in [2.05, 4.69) is 26.1 Å². The Morgan fingerprint density at radius 2 is 2.00 bits per heavy atom. The fourth-order valence-electron chi connectivity index (χ4n) is 2.02. The zero-order valence-electron chi connectivity index (χ0n) is 11.5. The largest absolute Gasteiger partial charge is 0.383 e. The molecular weight excluding hydrogens is 200 g/mol. The molecule has 0 radical (unpaired) electrons. The molecule has 3 atom stereocenters. The number of rotatable bonds is 10. The Kier molecular flexibility index (Phi) is 9.99. The Hall–Kier alpha value is -0.120. The van der Waals surface area contributed by atoms with E-state index in [0.29, 0.717) is 12.1 Å². The fourth-order valence-corrected chi connectivity index (χ4v) is 2.02. The van der Waals surface area contributed by atoms with Gasteiger partial charge in [0.2, 0.25) is 0 Å². The predicted octanol–water partition coefficient (Wildman–Crippen LogP) is 2.15. The summed E-state index contributed by atoms with van der Waals surface area (Å²) in [7, 11) is 1.76. The van der Waals surface area contributed by atoms with Gasteiger partial charge in [-0.25, -0.2) is 0 Å². The first-order chi connectivity index (χ1) is 7.63. The number of nitrogens with two attached hydrogens (primary N) is 1. The second-order valence-electron chi connectivity index (χ2n) is 4.90. The molecule has 0 saturated carbocycles. The van der Waals surface area contributed by atoms with Crippen LogP contribution >= 0.6 is 0 Å². The highest BCUT2D eigenvalue weighted by molar-refractivity contribution is 4.73. The monoisotopic (exact) mass is 230 g/mol. The lowest BCUT2D eigenvalue weighted by Crippen LogP contribution is -2.40. The standard InChI is InChI=1S/C13H30N2O/c1-5-11(2)9-12(3)15-13(10-16-4)7-6-8-14/h11-13,15H,5-10,14H2,1-4H3. The molecule has 0 aromatic carbocycles. The van der Waals surface area contributed by atoms with Crippen LogP contribution in [0, 0.1) is 5.92 Å². The van der Waals surface area contributed by atoms with Crippen molar-refractivity contribution in [3.63, 3.8) is 0 Å². The lowest BCUT2D eigenvalue weighted by Gasteiger charge is -2.24. The summed E-state index contributed by atoms with van der Waals surface area (Å²) in [6.45, 7) is 8.37.